The Labute approximate surface area is 151 Å². The van der Waals surface area contributed by atoms with Crippen LogP contribution in [-0.4, -0.2) is 23.6 Å². The summed E-state index contributed by atoms with van der Waals surface area (Å²) in [4.78, 5) is 15.4. The fraction of sp³-hybridized carbons (Fsp3) is 0.353. The number of halogens is 1. The van der Waals surface area contributed by atoms with Crippen molar-refractivity contribution in [2.24, 2.45) is 0 Å². The summed E-state index contributed by atoms with van der Waals surface area (Å²) in [6, 6.07) is 6.72. The molecule has 7 nitrogen and oxygen atoms in total. The number of anilines is 3. The number of aryl methyl sites for hydroxylation is 1. The highest BCUT2D eigenvalue weighted by Gasteiger charge is 2.23. The Bertz CT molecular complexity index is 768. The van der Waals surface area contributed by atoms with E-state index in [2.05, 4.69) is 22.5 Å². The summed E-state index contributed by atoms with van der Waals surface area (Å²) in [5, 5.41) is 18.1. The zero-order valence-electron chi connectivity index (χ0n) is 14.4. The molecule has 1 aromatic heterocycles. The number of benzene rings is 1. The van der Waals surface area contributed by atoms with Crippen LogP contribution in [0.1, 0.15) is 25.5 Å². The van der Waals surface area contributed by atoms with Crippen molar-refractivity contribution in [3.8, 4) is 5.75 Å². The van der Waals surface area contributed by atoms with E-state index in [-0.39, 0.29) is 11.5 Å². The Morgan fingerprint density at radius 1 is 1.32 bits per heavy atom. The molecule has 0 radical (unpaired) electrons. The Hall–Kier alpha value is -2.54. The van der Waals surface area contributed by atoms with E-state index in [4.69, 9.17) is 16.3 Å². The molecule has 0 unspecified atom stereocenters. The number of unbranched alkanes of at least 4 members (excludes halogenated alkanes) is 1. The zero-order chi connectivity index (χ0) is 18.4. The van der Waals surface area contributed by atoms with Crippen LogP contribution in [0, 0.1) is 17.0 Å². The third kappa shape index (κ3) is 4.73. The molecule has 0 aliphatic carbocycles. The summed E-state index contributed by atoms with van der Waals surface area (Å²) < 4.78 is 5.11. The van der Waals surface area contributed by atoms with Gasteiger partial charge in [0.15, 0.2) is 0 Å². The first kappa shape index (κ1) is 18.8. The van der Waals surface area contributed by atoms with Crippen LogP contribution < -0.4 is 15.4 Å². The molecule has 2 aromatic rings. The molecule has 0 saturated carbocycles. The van der Waals surface area contributed by atoms with Crippen LogP contribution in [-0.2, 0) is 0 Å². The van der Waals surface area contributed by atoms with Crippen molar-refractivity contribution in [3.63, 3.8) is 0 Å². The van der Waals surface area contributed by atoms with Gasteiger partial charge in [0.2, 0.25) is 5.82 Å². The number of ether oxygens (including phenoxy) is 1. The highest BCUT2D eigenvalue weighted by Crippen LogP contribution is 2.36. The number of nitro groups is 1. The van der Waals surface area contributed by atoms with E-state index in [1.54, 1.807) is 38.3 Å². The number of rotatable bonds is 8. The SMILES string of the molecule is CCCCNc1cc(C)nc(Nc2ccc(OC)cc2Cl)c1[N+](=O)[O-]. The first-order chi connectivity index (χ1) is 12.0. The number of aromatic nitrogens is 1. The van der Waals surface area contributed by atoms with Crippen molar-refractivity contribution >= 4 is 34.5 Å². The molecule has 0 aliphatic heterocycles. The minimum atomic E-state index is -0.444. The lowest BCUT2D eigenvalue weighted by molar-refractivity contribution is -0.383. The van der Waals surface area contributed by atoms with Gasteiger partial charge in [-0.3, -0.25) is 10.1 Å². The van der Waals surface area contributed by atoms with Crippen LogP contribution in [0.2, 0.25) is 5.02 Å². The molecular weight excluding hydrogens is 344 g/mol. The maximum atomic E-state index is 11.6. The predicted molar refractivity (Wildman–Crippen MR) is 100 cm³/mol. The summed E-state index contributed by atoms with van der Waals surface area (Å²) in [6.07, 6.45) is 1.92. The Balaban J connectivity index is 2.40. The van der Waals surface area contributed by atoms with Gasteiger partial charge in [-0.05, 0) is 31.5 Å². The molecule has 0 amide bonds. The molecule has 8 heteroatoms. The predicted octanol–water partition coefficient (Wildman–Crippen LogP) is 4.92. The van der Waals surface area contributed by atoms with Crippen LogP contribution in [0.15, 0.2) is 24.3 Å². The highest BCUT2D eigenvalue weighted by atomic mass is 35.5. The maximum Gasteiger partial charge on any atom is 0.334 e. The Morgan fingerprint density at radius 2 is 2.08 bits per heavy atom. The number of pyridine rings is 1. The zero-order valence-corrected chi connectivity index (χ0v) is 15.2. The van der Waals surface area contributed by atoms with E-state index < -0.39 is 4.92 Å². The van der Waals surface area contributed by atoms with Crippen LogP contribution in [0.5, 0.6) is 5.75 Å². The molecule has 0 fully saturated rings. The van der Waals surface area contributed by atoms with Gasteiger partial charge < -0.3 is 15.4 Å². The van der Waals surface area contributed by atoms with Gasteiger partial charge in [0.1, 0.15) is 11.4 Å². The first-order valence-corrected chi connectivity index (χ1v) is 8.34. The molecule has 1 heterocycles. The van der Waals surface area contributed by atoms with Gasteiger partial charge in [-0.15, -0.1) is 0 Å². The van der Waals surface area contributed by atoms with E-state index >= 15 is 0 Å². The van der Waals surface area contributed by atoms with Gasteiger partial charge in [-0.1, -0.05) is 24.9 Å². The fourth-order valence-corrected chi connectivity index (χ4v) is 2.54. The van der Waals surface area contributed by atoms with Gasteiger partial charge in [0, 0.05) is 18.3 Å². The van der Waals surface area contributed by atoms with Crippen molar-refractivity contribution in [2.75, 3.05) is 24.3 Å². The highest BCUT2D eigenvalue weighted by molar-refractivity contribution is 6.33. The van der Waals surface area contributed by atoms with E-state index in [9.17, 15) is 10.1 Å². The van der Waals surface area contributed by atoms with Crippen molar-refractivity contribution < 1.29 is 9.66 Å². The van der Waals surface area contributed by atoms with Gasteiger partial charge in [0.25, 0.3) is 0 Å². The molecular formula is C17H21ClN4O3. The fourth-order valence-electron chi connectivity index (χ4n) is 2.32. The first-order valence-electron chi connectivity index (χ1n) is 7.96. The van der Waals surface area contributed by atoms with E-state index in [0.29, 0.717) is 34.4 Å². The van der Waals surface area contributed by atoms with Gasteiger partial charge in [0.05, 0.1) is 22.7 Å². The smallest absolute Gasteiger partial charge is 0.334 e. The molecule has 1 aromatic carbocycles. The monoisotopic (exact) mass is 364 g/mol. The second-order valence-corrected chi connectivity index (χ2v) is 5.92. The minimum absolute atomic E-state index is 0.103. The van der Waals surface area contributed by atoms with Gasteiger partial charge in [-0.2, -0.15) is 0 Å². The molecule has 0 spiro atoms. The average molecular weight is 365 g/mol. The summed E-state index contributed by atoms with van der Waals surface area (Å²) in [6.45, 7) is 4.51. The van der Waals surface area contributed by atoms with Crippen molar-refractivity contribution in [1.29, 1.82) is 0 Å². The van der Waals surface area contributed by atoms with Crippen molar-refractivity contribution in [1.82, 2.24) is 4.98 Å². The number of nitrogens with zero attached hydrogens (tertiary/aromatic N) is 2. The molecule has 0 atom stereocenters. The number of hydrogen-bond donors (Lipinski definition) is 2. The summed E-state index contributed by atoms with van der Waals surface area (Å²) in [5.41, 5.74) is 1.52. The van der Waals surface area contributed by atoms with Crippen LogP contribution in [0.3, 0.4) is 0 Å². The minimum Gasteiger partial charge on any atom is -0.497 e. The van der Waals surface area contributed by atoms with Gasteiger partial charge >= 0.3 is 5.69 Å². The van der Waals surface area contributed by atoms with Crippen LogP contribution >= 0.6 is 11.6 Å². The topological polar surface area (TPSA) is 89.3 Å². The van der Waals surface area contributed by atoms with Gasteiger partial charge in [-0.25, -0.2) is 4.98 Å². The second-order valence-electron chi connectivity index (χ2n) is 5.52. The molecule has 2 N–H and O–H groups in total. The summed E-state index contributed by atoms with van der Waals surface area (Å²) >= 11 is 6.22. The number of hydrogen-bond acceptors (Lipinski definition) is 6. The second kappa shape index (κ2) is 8.53. The largest absolute Gasteiger partial charge is 0.497 e. The maximum absolute atomic E-state index is 11.6. The van der Waals surface area contributed by atoms with E-state index in [1.165, 1.54) is 0 Å². The Morgan fingerprint density at radius 3 is 2.68 bits per heavy atom. The third-order valence-corrected chi connectivity index (χ3v) is 3.89. The lowest BCUT2D eigenvalue weighted by Crippen LogP contribution is -2.08. The lowest BCUT2D eigenvalue weighted by atomic mass is 10.2. The summed E-state index contributed by atoms with van der Waals surface area (Å²) in [7, 11) is 1.54. The number of nitrogens with one attached hydrogen (secondary N) is 2. The van der Waals surface area contributed by atoms with Crippen LogP contribution in [0.4, 0.5) is 22.9 Å². The molecule has 0 bridgehead atoms. The molecule has 0 saturated heterocycles. The quantitative estimate of drug-likeness (QED) is 0.392. The third-order valence-electron chi connectivity index (χ3n) is 3.58. The Kier molecular flexibility index (Phi) is 6.41. The van der Waals surface area contributed by atoms with E-state index in [0.717, 1.165) is 12.8 Å². The molecule has 25 heavy (non-hydrogen) atoms. The van der Waals surface area contributed by atoms with E-state index in [1.807, 2.05) is 0 Å². The normalized spacial score (nSPS) is 10.4. The molecule has 134 valence electrons. The van der Waals surface area contributed by atoms with Crippen LogP contribution in [0.25, 0.3) is 0 Å². The van der Waals surface area contributed by atoms with Crippen molar-refractivity contribution in [2.45, 2.75) is 26.7 Å². The number of methoxy groups -OCH3 is 1. The summed E-state index contributed by atoms with van der Waals surface area (Å²) in [5.74, 6) is 0.750. The van der Waals surface area contributed by atoms with Crippen molar-refractivity contribution in [3.05, 3.63) is 45.1 Å². The standard InChI is InChI=1S/C17H21ClN4O3/c1-4-5-8-19-15-9-11(2)20-17(16(15)22(23)24)21-14-7-6-12(25-3)10-13(14)18/h6-7,9-10H,4-5,8H2,1-3H3,(H2,19,20,21). The lowest BCUT2D eigenvalue weighted by Gasteiger charge is -2.13. The molecule has 0 aliphatic rings. The molecule has 2 rings (SSSR count). The average Bonchev–Trinajstić information content (AvgIpc) is 2.56.